The highest BCUT2D eigenvalue weighted by molar-refractivity contribution is 7.82. The summed E-state index contributed by atoms with van der Waals surface area (Å²) in [5, 5.41) is 55.4. The van der Waals surface area contributed by atoms with Gasteiger partial charge < -0.3 is 72.4 Å². The third kappa shape index (κ3) is 10.3. The van der Waals surface area contributed by atoms with E-state index in [9.17, 15) is 67.5 Å². The molecule has 1 aliphatic carbocycles. The quantitative estimate of drug-likeness (QED) is 0.0304. The molecule has 4 aromatic rings. The number of halogens is 1. The number of aliphatic carboxylic acids is 1. The molecule has 5 aliphatic rings. The number of carboxylic acids is 1. The minimum atomic E-state index is -5.50. The number of esters is 1. The lowest BCUT2D eigenvalue weighted by atomic mass is 9.85. The lowest BCUT2D eigenvalue weighted by molar-refractivity contribution is -0.271. The number of cyclic esters (lactones) is 1. The third-order valence-corrected chi connectivity index (χ3v) is 14.5. The Hall–Kier alpha value is -7.44. The van der Waals surface area contributed by atoms with E-state index in [0.717, 1.165) is 41.3 Å². The van der Waals surface area contributed by atoms with Gasteiger partial charge in [-0.05, 0) is 55.5 Å². The molecular weight excluding hydrogens is 1050 g/mol. The van der Waals surface area contributed by atoms with Crippen LogP contribution in [0, 0.1) is 5.82 Å². The molecule has 1 unspecified atom stereocenters. The van der Waals surface area contributed by atoms with E-state index >= 15 is 4.39 Å². The van der Waals surface area contributed by atoms with Gasteiger partial charge in [0.2, 0.25) is 12.2 Å². The van der Waals surface area contributed by atoms with Gasteiger partial charge in [-0.15, -0.1) is 8.42 Å². The predicted octanol–water partition coefficient (Wildman–Crippen LogP) is -1.17. The molecule has 9 rings (SSSR count). The second-order valence-corrected chi connectivity index (χ2v) is 19.5. The minimum absolute atomic E-state index is 0.00109. The Morgan fingerprint density at radius 2 is 1.65 bits per heavy atom. The third-order valence-electron chi connectivity index (χ3n) is 13.7. The van der Waals surface area contributed by atoms with Gasteiger partial charge in [0.25, 0.3) is 23.3 Å². The van der Waals surface area contributed by atoms with Crippen molar-refractivity contribution in [1.82, 2.24) is 24.7 Å². The number of methoxy groups -OCH3 is 1. The number of nitrogens with one attached hydrogen (secondary N) is 1. The van der Waals surface area contributed by atoms with Gasteiger partial charge in [0.05, 0.1) is 48.8 Å². The number of fused-ring (bicyclic) bond motifs is 5. The van der Waals surface area contributed by atoms with Crippen molar-refractivity contribution in [2.75, 3.05) is 53.1 Å². The normalized spacial score (nSPS) is 22.3. The molecule has 6 N–H and O–H groups in total. The first kappa shape index (κ1) is 54.4. The summed E-state index contributed by atoms with van der Waals surface area (Å²) in [6.07, 6.45) is -7.92. The molecule has 0 bridgehead atoms. The van der Waals surface area contributed by atoms with E-state index in [1.54, 1.807) is 6.92 Å². The SMILES string of the molecule is CC[C@@]1(O)C(=O)OCc2c1cc1n(c2=O)Cc2c-1nc1cc(F)c(OS(=O)(=O)Oc3cc(C(=O)N(CCOC)CCOCCNC(=O)CN4C(=O)C=CC4=O)ccc3O[C@@H]3OC(C(=O)O)[C@@H](O)[C@H](O)[C@H]3O)c3c1c2CCC3. The maximum atomic E-state index is 16.5. The topological polar surface area (TPSA) is 356 Å². The van der Waals surface area contributed by atoms with E-state index in [4.69, 9.17) is 37.0 Å². The fourth-order valence-corrected chi connectivity index (χ4v) is 10.5. The fourth-order valence-electron chi connectivity index (χ4n) is 9.75. The molecule has 26 nitrogen and oxygen atoms in total. The number of aryl methyl sites for hydroxylation is 2. The van der Waals surface area contributed by atoms with Crippen LogP contribution in [-0.2, 0) is 84.9 Å². The van der Waals surface area contributed by atoms with Gasteiger partial charge in [-0.1, -0.05) is 6.92 Å². The van der Waals surface area contributed by atoms with Gasteiger partial charge in [-0.2, -0.15) is 0 Å². The number of nitrogens with zero attached hydrogens (tertiary/aromatic N) is 4. The molecule has 28 heteroatoms. The van der Waals surface area contributed by atoms with Gasteiger partial charge in [-0.3, -0.25) is 28.9 Å². The zero-order valence-electron chi connectivity index (χ0n) is 41.0. The van der Waals surface area contributed by atoms with E-state index in [1.807, 2.05) is 0 Å². The number of aliphatic hydroxyl groups is 4. The first-order valence-electron chi connectivity index (χ1n) is 24.0. The Kier molecular flexibility index (Phi) is 15.2. The average Bonchev–Trinajstić information content (AvgIpc) is 4.06. The van der Waals surface area contributed by atoms with E-state index < -0.39 is 117 Å². The summed E-state index contributed by atoms with van der Waals surface area (Å²) < 4.78 is 83.8. The Morgan fingerprint density at radius 1 is 0.922 bits per heavy atom. The van der Waals surface area contributed by atoms with Crippen molar-refractivity contribution in [3.63, 3.8) is 0 Å². The Bertz CT molecular complexity index is 3310. The summed E-state index contributed by atoms with van der Waals surface area (Å²) in [7, 11) is -4.13. The molecular formula is C49H50FN5O21S. The van der Waals surface area contributed by atoms with Crippen LogP contribution in [0.2, 0.25) is 0 Å². The maximum Gasteiger partial charge on any atom is 0.501 e. The Morgan fingerprint density at radius 3 is 2.36 bits per heavy atom. The van der Waals surface area contributed by atoms with Crippen molar-refractivity contribution in [3.8, 4) is 28.6 Å². The molecule has 1 fully saturated rings. The van der Waals surface area contributed by atoms with Crippen LogP contribution in [0.5, 0.6) is 17.2 Å². The zero-order valence-corrected chi connectivity index (χ0v) is 41.8. The number of pyridine rings is 2. The lowest BCUT2D eigenvalue weighted by Crippen LogP contribution is -2.61. The fraction of sp³-hybridized carbons (Fsp3) is 0.429. The van der Waals surface area contributed by atoms with Crippen molar-refractivity contribution in [2.45, 2.75) is 82.1 Å². The van der Waals surface area contributed by atoms with Gasteiger partial charge in [0.1, 0.15) is 31.5 Å². The van der Waals surface area contributed by atoms with E-state index in [1.165, 1.54) is 22.6 Å². The summed E-state index contributed by atoms with van der Waals surface area (Å²) in [5.74, 6) is -8.84. The number of hydrogen-bond donors (Lipinski definition) is 6. The number of carboxylic acid groups (broad SMARTS) is 1. The number of benzene rings is 2. The van der Waals surface area contributed by atoms with Gasteiger partial charge >= 0.3 is 22.3 Å². The van der Waals surface area contributed by atoms with Gasteiger partial charge in [0, 0.05) is 72.6 Å². The van der Waals surface area contributed by atoms with Crippen LogP contribution in [0.3, 0.4) is 0 Å². The number of aliphatic hydroxyl groups excluding tert-OH is 3. The van der Waals surface area contributed by atoms with Crippen LogP contribution in [0.15, 0.2) is 47.3 Å². The molecule has 77 heavy (non-hydrogen) atoms. The van der Waals surface area contributed by atoms with Gasteiger partial charge in [0.15, 0.2) is 34.8 Å². The lowest BCUT2D eigenvalue weighted by Gasteiger charge is -2.38. The summed E-state index contributed by atoms with van der Waals surface area (Å²) >= 11 is 0. The molecule has 410 valence electrons. The summed E-state index contributed by atoms with van der Waals surface area (Å²) in [5.41, 5.74) is -0.898. The predicted molar refractivity (Wildman–Crippen MR) is 256 cm³/mol. The Balaban J connectivity index is 0.987. The number of ether oxygens (including phenoxy) is 5. The molecule has 6 atom stereocenters. The first-order valence-corrected chi connectivity index (χ1v) is 25.4. The van der Waals surface area contributed by atoms with Crippen LogP contribution < -0.4 is 24.0 Å². The molecule has 2 aromatic heterocycles. The summed E-state index contributed by atoms with van der Waals surface area (Å²) in [6, 6.07) is 5.43. The highest BCUT2D eigenvalue weighted by atomic mass is 32.3. The molecule has 6 heterocycles. The number of amides is 4. The number of carbonyl (C=O) groups is 6. The highest BCUT2D eigenvalue weighted by Gasteiger charge is 2.49. The molecule has 0 spiro atoms. The second-order valence-electron chi connectivity index (χ2n) is 18.4. The maximum absolute atomic E-state index is 16.5. The first-order chi connectivity index (χ1) is 36.7. The number of imide groups is 1. The van der Waals surface area contributed by atoms with Crippen LogP contribution >= 0.6 is 0 Å². The van der Waals surface area contributed by atoms with Crippen molar-refractivity contribution in [1.29, 1.82) is 0 Å². The average molecular weight is 1100 g/mol. The minimum Gasteiger partial charge on any atom is -0.479 e. The second kappa shape index (κ2) is 21.5. The van der Waals surface area contributed by atoms with Crippen LogP contribution in [-0.4, -0.2) is 173 Å². The summed E-state index contributed by atoms with van der Waals surface area (Å²) in [6.45, 7) is 0.302. The Labute approximate surface area is 435 Å². The molecule has 2 aromatic carbocycles. The number of carbonyl (C=O) groups excluding carboxylic acids is 5. The number of hydrogen-bond acceptors (Lipinski definition) is 21. The monoisotopic (exact) mass is 1100 g/mol. The summed E-state index contributed by atoms with van der Waals surface area (Å²) in [4.78, 5) is 95.2. The van der Waals surface area contributed by atoms with Crippen molar-refractivity contribution in [2.24, 2.45) is 0 Å². The van der Waals surface area contributed by atoms with E-state index in [0.29, 0.717) is 29.4 Å². The van der Waals surface area contributed by atoms with Gasteiger partial charge in [-0.25, -0.2) is 19.0 Å². The van der Waals surface area contributed by atoms with E-state index in [2.05, 4.69) is 5.32 Å². The largest absolute Gasteiger partial charge is 0.501 e. The van der Waals surface area contributed by atoms with Crippen LogP contribution in [0.4, 0.5) is 4.39 Å². The molecule has 4 aliphatic heterocycles. The molecule has 0 radical (unpaired) electrons. The molecule has 0 saturated carbocycles. The van der Waals surface area contributed by atoms with E-state index in [-0.39, 0.29) is 105 Å². The number of aromatic nitrogens is 2. The smallest absolute Gasteiger partial charge is 0.479 e. The van der Waals surface area contributed by atoms with Crippen LogP contribution in [0.25, 0.3) is 22.3 Å². The van der Waals surface area contributed by atoms with Crippen molar-refractivity contribution in [3.05, 3.63) is 92.0 Å². The molecule has 1 saturated heterocycles. The van der Waals surface area contributed by atoms with Crippen molar-refractivity contribution >= 4 is 56.9 Å². The zero-order chi connectivity index (χ0) is 55.2. The number of rotatable bonds is 20. The molecule has 4 amide bonds. The van der Waals surface area contributed by atoms with Crippen LogP contribution in [0.1, 0.15) is 57.9 Å². The standard InChI is InChI=1S/C49H50FN5O21S/c1-3-49(67)28-18-31-38-26(20-54(31)45(63)27(28)22-72-48(49)66)24-5-4-6-25-37(24)30(52-38)19-29(50)42(25)76-77(68,69)75-33-17-23(7-8-32(33)73-47-41(61)39(59)40(60)43(74-47)46(64)65)44(62)53(12-15-70-2)13-16-71-14-11-51-34(56)21-55-35(57)9-10-36(55)58/h7-10,17-19,39-41,43,47,59-61,67H,3-6,11-16,20-22H2,1-2H3,(H,51,56)(H,64,65)/t39-,40-,41+,43?,47+,49-/m0/s1. The van der Waals surface area contributed by atoms with Crippen molar-refractivity contribution < 1.29 is 99.2 Å². The highest BCUT2D eigenvalue weighted by Crippen LogP contribution is 2.45.